The van der Waals surface area contributed by atoms with E-state index in [2.05, 4.69) is 5.10 Å². The summed E-state index contributed by atoms with van der Waals surface area (Å²) in [5.74, 6) is 0.0273. The molecule has 0 fully saturated rings. The summed E-state index contributed by atoms with van der Waals surface area (Å²) in [4.78, 5) is 11.1. The lowest BCUT2D eigenvalue weighted by Gasteiger charge is -2.05. The van der Waals surface area contributed by atoms with Crippen LogP contribution in [0.4, 0.5) is 0 Å². The molecule has 2 heterocycles. The molecule has 0 radical (unpaired) electrons. The molecule has 0 bridgehead atoms. The molecule has 7 heteroatoms. The summed E-state index contributed by atoms with van der Waals surface area (Å²) in [5, 5.41) is 13.1. The number of hydrogen-bond donors (Lipinski definition) is 1. The van der Waals surface area contributed by atoms with Gasteiger partial charge in [0.15, 0.2) is 17.2 Å². The molecule has 92 valence electrons. The van der Waals surface area contributed by atoms with E-state index in [0.717, 1.165) is 0 Å². The largest absolute Gasteiger partial charge is 0.476 e. The van der Waals surface area contributed by atoms with Crippen LogP contribution in [0, 0.1) is 0 Å². The molecular formula is C11H7ClN2O4. The van der Waals surface area contributed by atoms with Crippen molar-refractivity contribution in [3.63, 3.8) is 0 Å². The van der Waals surface area contributed by atoms with E-state index in [4.69, 9.17) is 26.2 Å². The first-order chi connectivity index (χ1) is 8.66. The molecule has 1 aromatic heterocycles. The highest BCUT2D eigenvalue weighted by molar-refractivity contribution is 6.33. The van der Waals surface area contributed by atoms with Gasteiger partial charge in [-0.25, -0.2) is 9.48 Å². The molecule has 0 amide bonds. The third-order valence-electron chi connectivity index (χ3n) is 2.53. The smallest absolute Gasteiger partial charge is 0.356 e. The van der Waals surface area contributed by atoms with Crippen LogP contribution in [0.3, 0.4) is 0 Å². The number of carbonyl (C=O) groups is 1. The summed E-state index contributed by atoms with van der Waals surface area (Å²) in [6, 6.07) is 5.03. The lowest BCUT2D eigenvalue weighted by atomic mass is 10.2. The highest BCUT2D eigenvalue weighted by Crippen LogP contribution is 2.34. The predicted octanol–water partition coefficient (Wildman–Crippen LogP) is 1.95. The summed E-state index contributed by atoms with van der Waals surface area (Å²) in [5.41, 5.74) is 0.457. The number of aromatic nitrogens is 2. The zero-order chi connectivity index (χ0) is 12.7. The van der Waals surface area contributed by atoms with Crippen LogP contribution in [0.5, 0.6) is 11.5 Å². The van der Waals surface area contributed by atoms with Crippen molar-refractivity contribution in [1.29, 1.82) is 0 Å². The van der Waals surface area contributed by atoms with Gasteiger partial charge in [0.25, 0.3) is 0 Å². The molecule has 1 aliphatic heterocycles. The van der Waals surface area contributed by atoms with Crippen LogP contribution in [-0.2, 0) is 0 Å². The second-order valence-corrected chi connectivity index (χ2v) is 4.00. The van der Waals surface area contributed by atoms with Gasteiger partial charge in [-0.05, 0) is 12.1 Å². The minimum atomic E-state index is -1.14. The van der Waals surface area contributed by atoms with Gasteiger partial charge in [-0.1, -0.05) is 11.6 Å². The lowest BCUT2D eigenvalue weighted by molar-refractivity contribution is 0.0687. The van der Waals surface area contributed by atoms with Crippen molar-refractivity contribution >= 4 is 17.6 Å². The Bertz CT molecular complexity index is 638. The second-order valence-electron chi connectivity index (χ2n) is 3.60. The topological polar surface area (TPSA) is 73.6 Å². The SMILES string of the molecule is O=C(O)c1c(Cl)cnn1-c1ccc2c(c1)OCO2. The van der Waals surface area contributed by atoms with Gasteiger partial charge in [-0.2, -0.15) is 5.10 Å². The van der Waals surface area contributed by atoms with Crippen LogP contribution in [0.1, 0.15) is 10.5 Å². The number of halogens is 1. The van der Waals surface area contributed by atoms with Crippen molar-refractivity contribution in [3.8, 4) is 17.2 Å². The minimum Gasteiger partial charge on any atom is -0.476 e. The van der Waals surface area contributed by atoms with Crippen LogP contribution in [0.25, 0.3) is 5.69 Å². The van der Waals surface area contributed by atoms with Gasteiger partial charge in [-0.15, -0.1) is 0 Å². The lowest BCUT2D eigenvalue weighted by Crippen LogP contribution is -2.08. The highest BCUT2D eigenvalue weighted by Gasteiger charge is 2.20. The summed E-state index contributed by atoms with van der Waals surface area (Å²) in [6.07, 6.45) is 1.29. The highest BCUT2D eigenvalue weighted by atomic mass is 35.5. The summed E-state index contributed by atoms with van der Waals surface area (Å²) in [7, 11) is 0. The monoisotopic (exact) mass is 266 g/mol. The Labute approximate surface area is 106 Å². The molecule has 0 spiro atoms. The Kier molecular flexibility index (Phi) is 2.38. The van der Waals surface area contributed by atoms with Gasteiger partial charge < -0.3 is 14.6 Å². The Hall–Kier alpha value is -2.21. The van der Waals surface area contributed by atoms with Crippen molar-refractivity contribution in [2.24, 2.45) is 0 Å². The van der Waals surface area contributed by atoms with Gasteiger partial charge >= 0.3 is 5.97 Å². The number of ether oxygens (including phenoxy) is 2. The van der Waals surface area contributed by atoms with Gasteiger partial charge in [0.05, 0.1) is 16.9 Å². The fourth-order valence-corrected chi connectivity index (χ4v) is 1.94. The first-order valence-corrected chi connectivity index (χ1v) is 5.41. The predicted molar refractivity (Wildman–Crippen MR) is 61.7 cm³/mol. The van der Waals surface area contributed by atoms with Gasteiger partial charge in [0.1, 0.15) is 0 Å². The molecule has 3 rings (SSSR count). The number of fused-ring (bicyclic) bond motifs is 1. The summed E-state index contributed by atoms with van der Waals surface area (Å²) >= 11 is 5.79. The number of rotatable bonds is 2. The molecule has 1 aliphatic rings. The van der Waals surface area contributed by atoms with Crippen molar-refractivity contribution in [3.05, 3.63) is 35.1 Å². The van der Waals surface area contributed by atoms with Gasteiger partial charge in [0, 0.05) is 6.07 Å². The maximum atomic E-state index is 11.1. The van der Waals surface area contributed by atoms with Crippen LogP contribution in [0.2, 0.25) is 5.02 Å². The van der Waals surface area contributed by atoms with E-state index in [1.54, 1.807) is 18.2 Å². The van der Waals surface area contributed by atoms with E-state index in [0.29, 0.717) is 17.2 Å². The molecule has 1 aromatic carbocycles. The molecule has 0 saturated carbocycles. The van der Waals surface area contributed by atoms with Crippen LogP contribution in [-0.4, -0.2) is 27.6 Å². The number of carboxylic acids is 1. The van der Waals surface area contributed by atoms with Crippen LogP contribution < -0.4 is 9.47 Å². The number of nitrogens with zero attached hydrogens (tertiary/aromatic N) is 2. The maximum absolute atomic E-state index is 11.1. The first kappa shape index (κ1) is 10.9. The third kappa shape index (κ3) is 1.58. The second kappa shape index (κ2) is 3.92. The van der Waals surface area contributed by atoms with E-state index >= 15 is 0 Å². The molecule has 1 N–H and O–H groups in total. The number of benzene rings is 1. The molecule has 18 heavy (non-hydrogen) atoms. The summed E-state index contributed by atoms with van der Waals surface area (Å²) in [6.45, 7) is 0.157. The maximum Gasteiger partial charge on any atom is 0.356 e. The number of carboxylic acid groups (broad SMARTS) is 1. The number of hydrogen-bond acceptors (Lipinski definition) is 4. The zero-order valence-corrected chi connectivity index (χ0v) is 9.72. The molecule has 0 aliphatic carbocycles. The number of aromatic carboxylic acids is 1. The van der Waals surface area contributed by atoms with Crippen molar-refractivity contribution in [1.82, 2.24) is 9.78 Å². The van der Waals surface area contributed by atoms with E-state index in [1.807, 2.05) is 0 Å². The third-order valence-corrected chi connectivity index (χ3v) is 2.80. The fourth-order valence-electron chi connectivity index (χ4n) is 1.73. The average Bonchev–Trinajstić information content (AvgIpc) is 2.93. The first-order valence-electron chi connectivity index (χ1n) is 5.03. The van der Waals surface area contributed by atoms with Crippen molar-refractivity contribution in [2.75, 3.05) is 6.79 Å². The average molecular weight is 267 g/mol. The normalized spacial score (nSPS) is 12.7. The van der Waals surface area contributed by atoms with E-state index < -0.39 is 5.97 Å². The minimum absolute atomic E-state index is 0.0835. The quantitative estimate of drug-likeness (QED) is 0.899. The molecule has 2 aromatic rings. The van der Waals surface area contributed by atoms with Crippen molar-refractivity contribution < 1.29 is 19.4 Å². The van der Waals surface area contributed by atoms with Gasteiger partial charge in [0.2, 0.25) is 6.79 Å². The molecule has 6 nitrogen and oxygen atoms in total. The fraction of sp³-hybridized carbons (Fsp3) is 0.0909. The van der Waals surface area contributed by atoms with Crippen molar-refractivity contribution in [2.45, 2.75) is 0 Å². The Balaban J connectivity index is 2.13. The standard InChI is InChI=1S/C11H7ClN2O4/c12-7-4-13-14(10(7)11(15)16)6-1-2-8-9(3-6)18-5-17-8/h1-4H,5H2,(H,15,16). The molecule has 0 unspecified atom stereocenters. The molecule has 0 saturated heterocycles. The van der Waals surface area contributed by atoms with Crippen LogP contribution >= 0.6 is 11.6 Å². The van der Waals surface area contributed by atoms with E-state index in [1.165, 1.54) is 10.9 Å². The Morgan fingerprint density at radius 2 is 2.17 bits per heavy atom. The molecular weight excluding hydrogens is 260 g/mol. The van der Waals surface area contributed by atoms with Crippen LogP contribution in [0.15, 0.2) is 24.4 Å². The van der Waals surface area contributed by atoms with Gasteiger partial charge in [-0.3, -0.25) is 0 Å². The zero-order valence-electron chi connectivity index (χ0n) is 8.96. The Morgan fingerprint density at radius 3 is 2.94 bits per heavy atom. The summed E-state index contributed by atoms with van der Waals surface area (Å²) < 4.78 is 11.6. The Morgan fingerprint density at radius 1 is 1.39 bits per heavy atom. The molecule has 0 atom stereocenters. The van der Waals surface area contributed by atoms with E-state index in [9.17, 15) is 4.79 Å². The van der Waals surface area contributed by atoms with E-state index in [-0.39, 0.29) is 17.5 Å².